The van der Waals surface area contributed by atoms with Crippen LogP contribution in [0.4, 0.5) is 5.69 Å². The minimum absolute atomic E-state index is 0.108. The van der Waals surface area contributed by atoms with Gasteiger partial charge in [0, 0.05) is 5.75 Å². The van der Waals surface area contributed by atoms with E-state index in [1.54, 1.807) is 30.0 Å². The highest BCUT2D eigenvalue weighted by Gasteiger charge is 2.09. The van der Waals surface area contributed by atoms with Crippen molar-refractivity contribution in [1.82, 2.24) is 0 Å². The first-order valence-corrected chi connectivity index (χ1v) is 9.29. The van der Waals surface area contributed by atoms with Crippen molar-refractivity contribution >= 4 is 46.6 Å². The number of hydrogen-bond donors (Lipinski definition) is 1. The zero-order valence-corrected chi connectivity index (χ0v) is 15.4. The molecule has 0 bridgehead atoms. The quantitative estimate of drug-likeness (QED) is 0.679. The fourth-order valence-electron chi connectivity index (χ4n) is 2.05. The van der Waals surface area contributed by atoms with Crippen LogP contribution < -0.4 is 5.32 Å². The van der Waals surface area contributed by atoms with Gasteiger partial charge in [0.2, 0.25) is 5.91 Å². The molecule has 2 nitrogen and oxygen atoms in total. The minimum Gasteiger partial charge on any atom is -0.323 e. The molecule has 0 saturated heterocycles. The van der Waals surface area contributed by atoms with Crippen molar-refractivity contribution in [3.05, 3.63) is 63.6 Å². The van der Waals surface area contributed by atoms with Crippen LogP contribution >= 0.6 is 35.0 Å². The standard InChI is InChI=1S/C18H19Cl2NOS/c1-12(2)14-8-6-13(7-9-14)10-23-11-17(22)21-18-15(19)4-3-5-16(18)20/h3-9,12H,10-11H2,1-2H3,(H,21,22). The Morgan fingerprint density at radius 2 is 1.70 bits per heavy atom. The molecule has 0 spiro atoms. The number of anilines is 1. The van der Waals surface area contributed by atoms with Gasteiger partial charge in [0.05, 0.1) is 21.5 Å². The molecule has 0 aliphatic heterocycles. The maximum absolute atomic E-state index is 12.0. The number of rotatable bonds is 6. The summed E-state index contributed by atoms with van der Waals surface area (Å²) in [5, 5.41) is 3.65. The Hall–Kier alpha value is -1.16. The lowest BCUT2D eigenvalue weighted by Crippen LogP contribution is -2.14. The molecule has 122 valence electrons. The van der Waals surface area contributed by atoms with E-state index in [1.807, 2.05) is 0 Å². The van der Waals surface area contributed by atoms with Gasteiger partial charge < -0.3 is 5.32 Å². The number of thioether (sulfide) groups is 1. The van der Waals surface area contributed by atoms with E-state index in [4.69, 9.17) is 23.2 Å². The number of amides is 1. The third kappa shape index (κ3) is 5.45. The van der Waals surface area contributed by atoms with Crippen LogP contribution in [-0.2, 0) is 10.5 Å². The summed E-state index contributed by atoms with van der Waals surface area (Å²) in [6.45, 7) is 4.35. The first kappa shape index (κ1) is 18.2. The van der Waals surface area contributed by atoms with Gasteiger partial charge in [-0.2, -0.15) is 0 Å². The van der Waals surface area contributed by atoms with Crippen LogP contribution in [0.25, 0.3) is 0 Å². The zero-order valence-electron chi connectivity index (χ0n) is 13.1. The second-order valence-corrected chi connectivity index (χ2v) is 7.33. The predicted octanol–water partition coefficient (Wildman–Crippen LogP) is 5.99. The SMILES string of the molecule is CC(C)c1ccc(CSCC(=O)Nc2c(Cl)cccc2Cl)cc1. The van der Waals surface area contributed by atoms with E-state index in [0.29, 0.717) is 27.4 Å². The van der Waals surface area contributed by atoms with Crippen LogP contribution in [0.2, 0.25) is 10.0 Å². The average Bonchev–Trinajstić information content (AvgIpc) is 2.51. The molecule has 0 heterocycles. The molecule has 0 radical (unpaired) electrons. The lowest BCUT2D eigenvalue weighted by atomic mass is 10.0. The molecule has 2 aromatic rings. The van der Waals surface area contributed by atoms with Gasteiger partial charge in [-0.25, -0.2) is 0 Å². The fraction of sp³-hybridized carbons (Fsp3) is 0.278. The normalized spacial score (nSPS) is 10.8. The van der Waals surface area contributed by atoms with Gasteiger partial charge in [0.15, 0.2) is 0 Å². The van der Waals surface area contributed by atoms with Crippen LogP contribution in [0, 0.1) is 0 Å². The summed E-state index contributed by atoms with van der Waals surface area (Å²) in [4.78, 5) is 12.0. The Morgan fingerprint density at radius 3 is 2.26 bits per heavy atom. The lowest BCUT2D eigenvalue weighted by Gasteiger charge is -2.09. The molecule has 1 amide bonds. The first-order valence-electron chi connectivity index (χ1n) is 7.38. The lowest BCUT2D eigenvalue weighted by molar-refractivity contribution is -0.113. The predicted molar refractivity (Wildman–Crippen MR) is 102 cm³/mol. The molecule has 5 heteroatoms. The van der Waals surface area contributed by atoms with Crippen molar-refractivity contribution in [2.45, 2.75) is 25.5 Å². The van der Waals surface area contributed by atoms with E-state index in [9.17, 15) is 4.79 Å². The van der Waals surface area contributed by atoms with E-state index >= 15 is 0 Å². The molecule has 1 N–H and O–H groups in total. The van der Waals surface area contributed by atoms with E-state index in [1.165, 1.54) is 11.1 Å². The van der Waals surface area contributed by atoms with Crippen molar-refractivity contribution < 1.29 is 4.79 Å². The van der Waals surface area contributed by atoms with Gasteiger partial charge in [0.25, 0.3) is 0 Å². The van der Waals surface area contributed by atoms with E-state index in [0.717, 1.165) is 5.75 Å². The molecular formula is C18H19Cl2NOS. The molecular weight excluding hydrogens is 349 g/mol. The highest BCUT2D eigenvalue weighted by atomic mass is 35.5. The van der Waals surface area contributed by atoms with Crippen molar-refractivity contribution in [3.63, 3.8) is 0 Å². The van der Waals surface area contributed by atoms with Crippen molar-refractivity contribution in [3.8, 4) is 0 Å². The summed E-state index contributed by atoms with van der Waals surface area (Å²) in [6, 6.07) is 13.7. The number of hydrogen-bond acceptors (Lipinski definition) is 2. The van der Waals surface area contributed by atoms with Gasteiger partial charge in [0.1, 0.15) is 0 Å². The van der Waals surface area contributed by atoms with Crippen LogP contribution in [0.15, 0.2) is 42.5 Å². The number of halogens is 2. The number of para-hydroxylation sites is 1. The second-order valence-electron chi connectivity index (χ2n) is 5.53. The highest BCUT2D eigenvalue weighted by Crippen LogP contribution is 2.30. The van der Waals surface area contributed by atoms with Gasteiger partial charge in [-0.05, 0) is 29.2 Å². The van der Waals surface area contributed by atoms with E-state index in [-0.39, 0.29) is 5.91 Å². The summed E-state index contributed by atoms with van der Waals surface area (Å²) < 4.78 is 0. The first-order chi connectivity index (χ1) is 11.0. The van der Waals surface area contributed by atoms with Crippen LogP contribution in [0.5, 0.6) is 0 Å². The molecule has 2 rings (SSSR count). The Bertz CT molecular complexity index is 651. The van der Waals surface area contributed by atoms with Crippen molar-refractivity contribution in [1.29, 1.82) is 0 Å². The Morgan fingerprint density at radius 1 is 1.09 bits per heavy atom. The molecule has 0 fully saturated rings. The van der Waals surface area contributed by atoms with Gasteiger partial charge in [-0.15, -0.1) is 11.8 Å². The minimum atomic E-state index is -0.108. The second kappa shape index (κ2) is 8.62. The Kier molecular flexibility index (Phi) is 6.82. The molecule has 0 saturated carbocycles. The summed E-state index contributed by atoms with van der Waals surface area (Å²) in [5.41, 5.74) is 3.01. The maximum Gasteiger partial charge on any atom is 0.234 e. The summed E-state index contributed by atoms with van der Waals surface area (Å²) in [6.07, 6.45) is 0. The fourth-order valence-corrected chi connectivity index (χ4v) is 3.33. The number of benzene rings is 2. The van der Waals surface area contributed by atoms with E-state index < -0.39 is 0 Å². The third-order valence-corrected chi connectivity index (χ3v) is 5.01. The maximum atomic E-state index is 12.0. The molecule has 0 aliphatic rings. The largest absolute Gasteiger partial charge is 0.323 e. The van der Waals surface area contributed by atoms with Gasteiger partial charge in [-0.1, -0.05) is 67.4 Å². The molecule has 0 atom stereocenters. The Labute approximate surface area is 151 Å². The third-order valence-electron chi connectivity index (χ3n) is 3.38. The topological polar surface area (TPSA) is 29.1 Å². The number of nitrogens with one attached hydrogen (secondary N) is 1. The molecule has 0 unspecified atom stereocenters. The average molecular weight is 368 g/mol. The zero-order chi connectivity index (χ0) is 16.8. The van der Waals surface area contributed by atoms with Gasteiger partial charge in [-0.3, -0.25) is 4.79 Å². The highest BCUT2D eigenvalue weighted by molar-refractivity contribution is 7.99. The number of carbonyl (C=O) groups excluding carboxylic acids is 1. The van der Waals surface area contributed by atoms with Crippen molar-refractivity contribution in [2.75, 3.05) is 11.1 Å². The molecule has 2 aromatic carbocycles. The van der Waals surface area contributed by atoms with Crippen LogP contribution in [-0.4, -0.2) is 11.7 Å². The summed E-state index contributed by atoms with van der Waals surface area (Å²) in [7, 11) is 0. The summed E-state index contributed by atoms with van der Waals surface area (Å²) in [5.74, 6) is 1.57. The van der Waals surface area contributed by atoms with Crippen molar-refractivity contribution in [2.24, 2.45) is 0 Å². The smallest absolute Gasteiger partial charge is 0.234 e. The Balaban J connectivity index is 1.83. The summed E-state index contributed by atoms with van der Waals surface area (Å²) >= 11 is 13.6. The monoisotopic (exact) mass is 367 g/mol. The van der Waals surface area contributed by atoms with Crippen LogP contribution in [0.3, 0.4) is 0 Å². The number of carbonyl (C=O) groups is 1. The molecule has 23 heavy (non-hydrogen) atoms. The van der Waals surface area contributed by atoms with E-state index in [2.05, 4.69) is 43.4 Å². The van der Waals surface area contributed by atoms with Crippen LogP contribution in [0.1, 0.15) is 30.9 Å². The molecule has 0 aromatic heterocycles. The van der Waals surface area contributed by atoms with Gasteiger partial charge >= 0.3 is 0 Å². The molecule has 0 aliphatic carbocycles.